The number of morpholine rings is 1. The van der Waals surface area contributed by atoms with Gasteiger partial charge in [-0.2, -0.15) is 4.31 Å². The third kappa shape index (κ3) is 4.87. The first-order valence-corrected chi connectivity index (χ1v) is 10.5. The summed E-state index contributed by atoms with van der Waals surface area (Å²) in [6, 6.07) is 14.1. The number of amides is 1. The predicted molar refractivity (Wildman–Crippen MR) is 104 cm³/mol. The van der Waals surface area contributed by atoms with E-state index in [2.05, 4.69) is 5.32 Å². The molecule has 3 rings (SSSR count). The molecule has 0 aliphatic carbocycles. The Bertz CT molecular complexity index is 897. The van der Waals surface area contributed by atoms with Crippen LogP contribution in [0.2, 0.25) is 5.02 Å². The van der Waals surface area contributed by atoms with Crippen molar-refractivity contribution in [3.05, 3.63) is 64.7 Å². The molecule has 0 saturated carbocycles. The van der Waals surface area contributed by atoms with Crippen LogP contribution in [-0.2, 0) is 21.2 Å². The highest BCUT2D eigenvalue weighted by molar-refractivity contribution is 7.89. The van der Waals surface area contributed by atoms with Crippen LogP contribution >= 0.6 is 11.6 Å². The highest BCUT2D eigenvalue weighted by Gasteiger charge is 2.29. The molecule has 6 nitrogen and oxygen atoms in total. The summed E-state index contributed by atoms with van der Waals surface area (Å²) in [5, 5.41) is 2.91. The second kappa shape index (κ2) is 8.84. The molecule has 0 spiro atoms. The van der Waals surface area contributed by atoms with Gasteiger partial charge in [-0.1, -0.05) is 41.9 Å². The Morgan fingerprint density at radius 1 is 1.11 bits per heavy atom. The molecule has 2 aromatic carbocycles. The first-order valence-electron chi connectivity index (χ1n) is 8.68. The van der Waals surface area contributed by atoms with E-state index in [4.69, 9.17) is 16.3 Å². The van der Waals surface area contributed by atoms with E-state index in [1.54, 1.807) is 0 Å². The number of carbonyl (C=O) groups is 1. The zero-order chi connectivity index (χ0) is 19.3. The van der Waals surface area contributed by atoms with E-state index < -0.39 is 10.0 Å². The average Bonchev–Trinajstić information content (AvgIpc) is 2.69. The van der Waals surface area contributed by atoms with Crippen molar-refractivity contribution in [3.8, 4) is 0 Å². The molecule has 144 valence electrons. The fraction of sp³-hybridized carbons (Fsp3) is 0.316. The van der Waals surface area contributed by atoms with Crippen molar-refractivity contribution >= 4 is 27.5 Å². The summed E-state index contributed by atoms with van der Waals surface area (Å²) in [5.74, 6) is -0.332. The van der Waals surface area contributed by atoms with E-state index in [9.17, 15) is 13.2 Å². The summed E-state index contributed by atoms with van der Waals surface area (Å²) in [4.78, 5) is 12.4. The molecule has 0 aromatic heterocycles. The Hall–Kier alpha value is -1.93. The lowest BCUT2D eigenvalue weighted by atomic mass is 10.1. The first-order chi connectivity index (χ1) is 13.0. The van der Waals surface area contributed by atoms with E-state index in [0.29, 0.717) is 26.2 Å². The molecule has 0 radical (unpaired) electrons. The third-order valence-corrected chi connectivity index (χ3v) is 6.70. The second-order valence-corrected chi connectivity index (χ2v) is 8.47. The Morgan fingerprint density at radius 3 is 2.52 bits per heavy atom. The summed E-state index contributed by atoms with van der Waals surface area (Å²) in [6.07, 6.45) is 0.694. The molecule has 1 saturated heterocycles. The Kier molecular flexibility index (Phi) is 6.49. The number of hydrogen-bond donors (Lipinski definition) is 1. The molecular formula is C19H21ClN2O4S. The van der Waals surface area contributed by atoms with Crippen LogP contribution in [-0.4, -0.2) is 51.5 Å². The number of carbonyl (C=O) groups excluding carboxylic acids is 1. The highest BCUT2D eigenvalue weighted by atomic mass is 35.5. The molecule has 27 heavy (non-hydrogen) atoms. The van der Waals surface area contributed by atoms with Gasteiger partial charge >= 0.3 is 0 Å². The van der Waals surface area contributed by atoms with Crippen LogP contribution in [0, 0.1) is 0 Å². The maximum absolute atomic E-state index is 12.8. The fourth-order valence-electron chi connectivity index (χ4n) is 2.84. The number of nitrogens with zero attached hydrogens (tertiary/aromatic N) is 1. The highest BCUT2D eigenvalue weighted by Crippen LogP contribution is 2.26. The minimum atomic E-state index is -3.77. The maximum Gasteiger partial charge on any atom is 0.251 e. The van der Waals surface area contributed by atoms with Crippen LogP contribution in [0.25, 0.3) is 0 Å². The van der Waals surface area contributed by atoms with E-state index in [-0.39, 0.29) is 34.5 Å². The lowest BCUT2D eigenvalue weighted by Crippen LogP contribution is -2.40. The molecule has 2 aromatic rings. The zero-order valence-corrected chi connectivity index (χ0v) is 16.3. The number of benzene rings is 2. The van der Waals surface area contributed by atoms with Crippen molar-refractivity contribution in [2.75, 3.05) is 32.8 Å². The van der Waals surface area contributed by atoms with Crippen LogP contribution in [0.5, 0.6) is 0 Å². The van der Waals surface area contributed by atoms with Gasteiger partial charge in [0.15, 0.2) is 0 Å². The molecule has 0 unspecified atom stereocenters. The van der Waals surface area contributed by atoms with E-state index >= 15 is 0 Å². The number of sulfonamides is 1. The lowest BCUT2D eigenvalue weighted by molar-refractivity contribution is 0.0730. The fourth-order valence-corrected chi connectivity index (χ4v) is 4.74. The van der Waals surface area contributed by atoms with Gasteiger partial charge in [0.25, 0.3) is 5.91 Å². The SMILES string of the molecule is O=C(NCCc1ccccc1)c1ccc(Cl)c(S(=O)(=O)N2CCOCC2)c1. The maximum atomic E-state index is 12.8. The molecule has 1 aliphatic heterocycles. The minimum absolute atomic E-state index is 0.0539. The normalized spacial score (nSPS) is 15.4. The van der Waals surface area contributed by atoms with Gasteiger partial charge in [0.05, 0.1) is 18.2 Å². The van der Waals surface area contributed by atoms with E-state index in [1.807, 2.05) is 30.3 Å². The molecule has 0 atom stereocenters. The van der Waals surface area contributed by atoms with Gasteiger partial charge in [-0.3, -0.25) is 4.79 Å². The summed E-state index contributed by atoms with van der Waals surface area (Å²) < 4.78 is 32.2. The van der Waals surface area contributed by atoms with Gasteiger partial charge in [-0.15, -0.1) is 0 Å². The average molecular weight is 409 g/mol. The Morgan fingerprint density at radius 2 is 1.81 bits per heavy atom. The van der Waals surface area contributed by atoms with Crippen LogP contribution in [0.15, 0.2) is 53.4 Å². The van der Waals surface area contributed by atoms with Crippen LogP contribution in [0.3, 0.4) is 0 Å². The van der Waals surface area contributed by atoms with Crippen molar-refractivity contribution < 1.29 is 17.9 Å². The smallest absolute Gasteiger partial charge is 0.251 e. The van der Waals surface area contributed by atoms with Gasteiger partial charge in [0, 0.05) is 25.2 Å². The first kappa shape index (κ1) is 19.8. The second-order valence-electron chi connectivity index (χ2n) is 6.15. The van der Waals surface area contributed by atoms with Crippen LogP contribution in [0.1, 0.15) is 15.9 Å². The molecule has 1 amide bonds. The van der Waals surface area contributed by atoms with E-state index in [0.717, 1.165) is 5.56 Å². The molecular weight excluding hydrogens is 388 g/mol. The topological polar surface area (TPSA) is 75.7 Å². The van der Waals surface area contributed by atoms with Crippen LogP contribution in [0.4, 0.5) is 0 Å². The largest absolute Gasteiger partial charge is 0.379 e. The summed E-state index contributed by atoms with van der Waals surface area (Å²) >= 11 is 6.12. The number of nitrogens with one attached hydrogen (secondary N) is 1. The Balaban J connectivity index is 1.71. The standard InChI is InChI=1S/C19H21ClN2O4S/c20-17-7-6-16(19(23)21-9-8-15-4-2-1-3-5-15)14-18(17)27(24,25)22-10-12-26-13-11-22/h1-7,14H,8-13H2,(H,21,23). The van der Waals surface area contributed by atoms with Crippen molar-refractivity contribution in [1.82, 2.24) is 9.62 Å². The number of halogens is 1. The van der Waals surface area contributed by atoms with Gasteiger partial charge in [-0.05, 0) is 30.2 Å². The summed E-state index contributed by atoms with van der Waals surface area (Å²) in [7, 11) is -3.77. The molecule has 0 bridgehead atoms. The van der Waals surface area contributed by atoms with Gasteiger partial charge in [0.1, 0.15) is 4.90 Å². The molecule has 1 heterocycles. The summed E-state index contributed by atoms with van der Waals surface area (Å²) in [6.45, 7) is 1.68. The van der Waals surface area contributed by atoms with E-state index in [1.165, 1.54) is 22.5 Å². The minimum Gasteiger partial charge on any atom is -0.379 e. The van der Waals surface area contributed by atoms with Gasteiger partial charge < -0.3 is 10.1 Å². The molecule has 1 N–H and O–H groups in total. The summed E-state index contributed by atoms with van der Waals surface area (Å²) in [5.41, 5.74) is 1.38. The van der Waals surface area contributed by atoms with Crippen LogP contribution < -0.4 is 5.32 Å². The number of hydrogen-bond acceptors (Lipinski definition) is 4. The van der Waals surface area contributed by atoms with Crippen molar-refractivity contribution in [2.24, 2.45) is 0 Å². The lowest BCUT2D eigenvalue weighted by Gasteiger charge is -2.26. The zero-order valence-electron chi connectivity index (χ0n) is 14.7. The predicted octanol–water partition coefficient (Wildman–Crippen LogP) is 2.33. The Labute approximate surface area is 164 Å². The number of ether oxygens (including phenoxy) is 1. The third-order valence-electron chi connectivity index (χ3n) is 4.32. The molecule has 1 fully saturated rings. The van der Waals surface area contributed by atoms with Crippen molar-refractivity contribution in [1.29, 1.82) is 0 Å². The quantitative estimate of drug-likeness (QED) is 0.796. The molecule has 1 aliphatic rings. The monoisotopic (exact) mass is 408 g/mol. The number of rotatable bonds is 6. The van der Waals surface area contributed by atoms with Crippen molar-refractivity contribution in [3.63, 3.8) is 0 Å². The van der Waals surface area contributed by atoms with Gasteiger partial charge in [0.2, 0.25) is 10.0 Å². The van der Waals surface area contributed by atoms with Gasteiger partial charge in [-0.25, -0.2) is 8.42 Å². The molecule has 8 heteroatoms. The van der Waals surface area contributed by atoms with Crippen molar-refractivity contribution in [2.45, 2.75) is 11.3 Å².